The standard InChI is InChI=1S/C13H20N2O2/c1-3-13(2,8-9-14)15-12(17)10-6-4-5-7-11(10)16/h4-7,16H,3,8-9,14H2,1-2H3,(H,15,17). The van der Waals surface area contributed by atoms with Crippen LogP contribution >= 0.6 is 0 Å². The van der Waals surface area contributed by atoms with Crippen LogP contribution in [0.5, 0.6) is 5.75 Å². The summed E-state index contributed by atoms with van der Waals surface area (Å²) in [5, 5.41) is 12.5. The number of phenolic OH excluding ortho intramolecular Hbond substituents is 1. The number of benzene rings is 1. The van der Waals surface area contributed by atoms with Crippen LogP contribution in [0.25, 0.3) is 0 Å². The third-order valence-electron chi connectivity index (χ3n) is 3.04. The van der Waals surface area contributed by atoms with Gasteiger partial charge in [-0.25, -0.2) is 0 Å². The third-order valence-corrected chi connectivity index (χ3v) is 3.04. The first-order valence-corrected chi connectivity index (χ1v) is 5.83. The second-order valence-electron chi connectivity index (χ2n) is 4.42. The van der Waals surface area contributed by atoms with Crippen LogP contribution in [-0.4, -0.2) is 23.1 Å². The maximum Gasteiger partial charge on any atom is 0.255 e. The number of phenols is 1. The Bertz CT molecular complexity index is 393. The van der Waals surface area contributed by atoms with Crippen molar-refractivity contribution in [1.82, 2.24) is 5.32 Å². The van der Waals surface area contributed by atoms with Gasteiger partial charge in [0.25, 0.3) is 5.91 Å². The Balaban J connectivity index is 2.82. The van der Waals surface area contributed by atoms with E-state index in [2.05, 4.69) is 5.32 Å². The van der Waals surface area contributed by atoms with E-state index in [-0.39, 0.29) is 17.2 Å². The van der Waals surface area contributed by atoms with Gasteiger partial charge in [-0.3, -0.25) is 4.79 Å². The Kier molecular flexibility index (Phi) is 4.52. The number of nitrogens with two attached hydrogens (primary N) is 1. The molecule has 0 aromatic heterocycles. The molecule has 17 heavy (non-hydrogen) atoms. The minimum Gasteiger partial charge on any atom is -0.507 e. The second kappa shape index (κ2) is 5.68. The first kappa shape index (κ1) is 13.5. The highest BCUT2D eigenvalue weighted by molar-refractivity contribution is 5.97. The molecule has 0 fully saturated rings. The first-order chi connectivity index (χ1) is 8.02. The summed E-state index contributed by atoms with van der Waals surface area (Å²) >= 11 is 0. The zero-order valence-electron chi connectivity index (χ0n) is 10.4. The van der Waals surface area contributed by atoms with Gasteiger partial charge in [-0.15, -0.1) is 0 Å². The SMILES string of the molecule is CCC(C)(CCN)NC(=O)c1ccccc1O. The van der Waals surface area contributed by atoms with Gasteiger partial charge in [0.05, 0.1) is 5.56 Å². The molecule has 0 bridgehead atoms. The zero-order chi connectivity index (χ0) is 12.9. The summed E-state index contributed by atoms with van der Waals surface area (Å²) in [5.74, 6) is -0.267. The predicted molar refractivity (Wildman–Crippen MR) is 67.9 cm³/mol. The topological polar surface area (TPSA) is 75.3 Å². The summed E-state index contributed by atoms with van der Waals surface area (Å²) in [7, 11) is 0. The molecule has 4 N–H and O–H groups in total. The van der Waals surface area contributed by atoms with Gasteiger partial charge in [-0.2, -0.15) is 0 Å². The molecule has 1 unspecified atom stereocenters. The van der Waals surface area contributed by atoms with Crippen molar-refractivity contribution in [3.05, 3.63) is 29.8 Å². The number of aromatic hydroxyl groups is 1. The maximum absolute atomic E-state index is 12.0. The van der Waals surface area contributed by atoms with Gasteiger partial charge in [0.2, 0.25) is 0 Å². The number of nitrogens with one attached hydrogen (secondary N) is 1. The van der Waals surface area contributed by atoms with Gasteiger partial charge in [-0.1, -0.05) is 19.1 Å². The Labute approximate surface area is 102 Å². The van der Waals surface area contributed by atoms with E-state index in [0.717, 1.165) is 6.42 Å². The van der Waals surface area contributed by atoms with Crippen molar-refractivity contribution >= 4 is 5.91 Å². The summed E-state index contributed by atoms with van der Waals surface area (Å²) in [4.78, 5) is 12.0. The number of hydrogen-bond acceptors (Lipinski definition) is 3. The lowest BCUT2D eigenvalue weighted by atomic mass is 9.94. The Morgan fingerprint density at radius 1 is 1.47 bits per heavy atom. The number of rotatable bonds is 5. The highest BCUT2D eigenvalue weighted by atomic mass is 16.3. The van der Waals surface area contributed by atoms with E-state index >= 15 is 0 Å². The monoisotopic (exact) mass is 236 g/mol. The molecule has 1 rings (SSSR count). The molecule has 4 nitrogen and oxygen atoms in total. The van der Waals surface area contributed by atoms with Crippen LogP contribution < -0.4 is 11.1 Å². The molecular weight excluding hydrogens is 216 g/mol. The van der Waals surface area contributed by atoms with Crippen LogP contribution in [0.4, 0.5) is 0 Å². The number of para-hydroxylation sites is 1. The number of carbonyl (C=O) groups excluding carboxylic acids is 1. The van der Waals surface area contributed by atoms with Crippen molar-refractivity contribution in [2.45, 2.75) is 32.2 Å². The van der Waals surface area contributed by atoms with Crippen LogP contribution in [0.2, 0.25) is 0 Å². The van der Waals surface area contributed by atoms with Crippen molar-refractivity contribution < 1.29 is 9.90 Å². The molecule has 1 aromatic carbocycles. The van der Waals surface area contributed by atoms with E-state index in [4.69, 9.17) is 5.73 Å². The molecule has 0 saturated carbocycles. The van der Waals surface area contributed by atoms with E-state index in [9.17, 15) is 9.90 Å². The van der Waals surface area contributed by atoms with E-state index in [1.165, 1.54) is 6.07 Å². The van der Waals surface area contributed by atoms with Gasteiger partial charge in [0, 0.05) is 5.54 Å². The smallest absolute Gasteiger partial charge is 0.255 e. The Hall–Kier alpha value is -1.55. The fourth-order valence-electron chi connectivity index (χ4n) is 1.65. The maximum atomic E-state index is 12.0. The van der Waals surface area contributed by atoms with Crippen LogP contribution in [0, 0.1) is 0 Å². The Morgan fingerprint density at radius 2 is 2.12 bits per heavy atom. The fraction of sp³-hybridized carbons (Fsp3) is 0.462. The van der Waals surface area contributed by atoms with Crippen molar-refractivity contribution in [1.29, 1.82) is 0 Å². The highest BCUT2D eigenvalue weighted by Gasteiger charge is 2.24. The van der Waals surface area contributed by atoms with Gasteiger partial charge in [0.1, 0.15) is 5.75 Å². The molecule has 0 aliphatic heterocycles. The molecule has 1 aromatic rings. The number of carbonyl (C=O) groups is 1. The minimum atomic E-state index is -0.325. The van der Waals surface area contributed by atoms with E-state index in [0.29, 0.717) is 18.5 Å². The number of hydrogen-bond donors (Lipinski definition) is 3. The molecular formula is C13H20N2O2. The number of amides is 1. The first-order valence-electron chi connectivity index (χ1n) is 5.83. The van der Waals surface area contributed by atoms with Gasteiger partial charge in [-0.05, 0) is 38.4 Å². The van der Waals surface area contributed by atoms with E-state index in [1.807, 2.05) is 13.8 Å². The largest absolute Gasteiger partial charge is 0.507 e. The molecule has 0 saturated heterocycles. The van der Waals surface area contributed by atoms with Crippen molar-refractivity contribution in [2.24, 2.45) is 5.73 Å². The van der Waals surface area contributed by atoms with Crippen LogP contribution in [0.15, 0.2) is 24.3 Å². The molecule has 1 atom stereocenters. The fourth-order valence-corrected chi connectivity index (χ4v) is 1.65. The second-order valence-corrected chi connectivity index (χ2v) is 4.42. The zero-order valence-corrected chi connectivity index (χ0v) is 10.4. The third kappa shape index (κ3) is 3.46. The van der Waals surface area contributed by atoms with Crippen molar-refractivity contribution in [2.75, 3.05) is 6.54 Å². The molecule has 0 heterocycles. The van der Waals surface area contributed by atoms with E-state index in [1.54, 1.807) is 18.2 Å². The van der Waals surface area contributed by atoms with E-state index < -0.39 is 0 Å². The lowest BCUT2D eigenvalue weighted by Crippen LogP contribution is -2.46. The summed E-state index contributed by atoms with van der Waals surface area (Å²) < 4.78 is 0. The summed E-state index contributed by atoms with van der Waals surface area (Å²) in [6.45, 7) is 4.48. The molecule has 0 spiro atoms. The van der Waals surface area contributed by atoms with Crippen molar-refractivity contribution in [3.8, 4) is 5.75 Å². The lowest BCUT2D eigenvalue weighted by Gasteiger charge is -2.29. The summed E-state index contributed by atoms with van der Waals surface area (Å²) in [6, 6.07) is 6.51. The predicted octanol–water partition coefficient (Wildman–Crippen LogP) is 1.64. The Morgan fingerprint density at radius 3 is 2.65 bits per heavy atom. The molecule has 0 aliphatic rings. The molecule has 4 heteroatoms. The molecule has 0 aliphatic carbocycles. The summed E-state index contributed by atoms with van der Waals surface area (Å²) in [6.07, 6.45) is 1.51. The quantitative estimate of drug-likeness (QED) is 0.727. The normalized spacial score (nSPS) is 14.1. The molecule has 0 radical (unpaired) electrons. The molecule has 1 amide bonds. The van der Waals surface area contributed by atoms with Gasteiger partial charge in [0.15, 0.2) is 0 Å². The van der Waals surface area contributed by atoms with Gasteiger partial charge >= 0.3 is 0 Å². The van der Waals surface area contributed by atoms with Crippen LogP contribution in [0.3, 0.4) is 0 Å². The summed E-state index contributed by atoms with van der Waals surface area (Å²) in [5.41, 5.74) is 5.50. The lowest BCUT2D eigenvalue weighted by molar-refractivity contribution is 0.0897. The van der Waals surface area contributed by atoms with Crippen molar-refractivity contribution in [3.63, 3.8) is 0 Å². The average Bonchev–Trinajstić information content (AvgIpc) is 2.29. The van der Waals surface area contributed by atoms with Gasteiger partial charge < -0.3 is 16.2 Å². The molecule has 94 valence electrons. The average molecular weight is 236 g/mol. The van der Waals surface area contributed by atoms with Crippen LogP contribution in [0.1, 0.15) is 37.0 Å². The van der Waals surface area contributed by atoms with Crippen LogP contribution in [-0.2, 0) is 0 Å². The highest BCUT2D eigenvalue weighted by Crippen LogP contribution is 2.19. The minimum absolute atomic E-state index is 0.00352.